The maximum Gasteiger partial charge on any atom is 0.434 e. The van der Waals surface area contributed by atoms with E-state index >= 15 is 0 Å². The first-order valence-corrected chi connectivity index (χ1v) is 9.00. The average molecular weight is 413 g/mol. The van der Waals surface area contributed by atoms with Gasteiger partial charge < -0.3 is 14.7 Å². The van der Waals surface area contributed by atoms with E-state index in [0.717, 1.165) is 5.69 Å². The standard InChI is InChI=1S/C18H21BClF3N4O/c1-12(16(20)17(24)18(21,22)23)25(2)11-15(28)27-9-7-26(8-10-27)14-5-3-13(19)4-6-14/h3-6,24H,7-11H2,1-2H3/b16-12+,24-17?. The highest BCUT2D eigenvalue weighted by Crippen LogP contribution is 2.26. The van der Waals surface area contributed by atoms with Gasteiger partial charge in [-0.15, -0.1) is 0 Å². The largest absolute Gasteiger partial charge is 0.434 e. The van der Waals surface area contributed by atoms with Crippen molar-refractivity contribution in [2.45, 2.75) is 13.1 Å². The van der Waals surface area contributed by atoms with Gasteiger partial charge in [0.25, 0.3) is 0 Å². The Bertz CT molecular complexity index is 759. The van der Waals surface area contributed by atoms with E-state index in [1.54, 1.807) is 4.90 Å². The molecule has 2 rings (SSSR count). The Balaban J connectivity index is 1.93. The van der Waals surface area contributed by atoms with Crippen LogP contribution in [-0.2, 0) is 4.79 Å². The number of alkyl halides is 3. The van der Waals surface area contributed by atoms with E-state index in [-0.39, 0.29) is 18.1 Å². The molecule has 0 atom stereocenters. The second kappa shape index (κ2) is 8.90. The fraction of sp³-hybridized carbons (Fsp3) is 0.444. The van der Waals surface area contributed by atoms with Crippen LogP contribution in [0.5, 0.6) is 0 Å². The molecule has 0 aromatic heterocycles. The summed E-state index contributed by atoms with van der Waals surface area (Å²) in [5, 5.41) is 6.40. The van der Waals surface area contributed by atoms with Crippen molar-refractivity contribution in [3.63, 3.8) is 0 Å². The van der Waals surface area contributed by atoms with Crippen LogP contribution in [0, 0.1) is 5.41 Å². The van der Waals surface area contributed by atoms with Gasteiger partial charge >= 0.3 is 6.18 Å². The molecule has 1 saturated heterocycles. The van der Waals surface area contributed by atoms with Crippen molar-refractivity contribution in [1.29, 1.82) is 5.41 Å². The summed E-state index contributed by atoms with van der Waals surface area (Å²) in [6, 6.07) is 7.48. The number of allylic oxidation sites excluding steroid dienone is 2. The Kier molecular flexibility index (Phi) is 7.03. The molecule has 1 amide bonds. The van der Waals surface area contributed by atoms with Gasteiger partial charge in [-0.2, -0.15) is 13.2 Å². The summed E-state index contributed by atoms with van der Waals surface area (Å²) in [4.78, 5) is 17.6. The van der Waals surface area contributed by atoms with Crippen LogP contribution in [0.15, 0.2) is 35.0 Å². The summed E-state index contributed by atoms with van der Waals surface area (Å²) in [6.45, 7) is 3.54. The van der Waals surface area contributed by atoms with Gasteiger partial charge in [-0.3, -0.25) is 10.2 Å². The second-order valence-electron chi connectivity index (χ2n) is 6.59. The van der Waals surface area contributed by atoms with Crippen molar-refractivity contribution in [2.75, 3.05) is 44.7 Å². The third-order valence-electron chi connectivity index (χ3n) is 4.66. The third kappa shape index (κ3) is 5.44. The molecule has 28 heavy (non-hydrogen) atoms. The van der Waals surface area contributed by atoms with Gasteiger partial charge in [0.15, 0.2) is 5.71 Å². The number of carbonyl (C=O) groups excluding carboxylic acids is 1. The summed E-state index contributed by atoms with van der Waals surface area (Å²) in [6.07, 6.45) is -4.83. The number of rotatable bonds is 5. The molecule has 2 radical (unpaired) electrons. The lowest BCUT2D eigenvalue weighted by Gasteiger charge is -2.37. The predicted octanol–water partition coefficient (Wildman–Crippen LogP) is 2.11. The van der Waals surface area contributed by atoms with Crippen LogP contribution >= 0.6 is 11.6 Å². The molecule has 0 saturated carbocycles. The van der Waals surface area contributed by atoms with Crippen molar-refractivity contribution < 1.29 is 18.0 Å². The van der Waals surface area contributed by atoms with E-state index in [4.69, 9.17) is 24.9 Å². The highest BCUT2D eigenvalue weighted by Gasteiger charge is 2.37. The topological polar surface area (TPSA) is 50.6 Å². The SMILES string of the molecule is [B]c1ccc(N2CCN(C(=O)CN(C)/C(C)=C(/Cl)C(=N)C(F)(F)F)CC2)cc1. The first-order valence-electron chi connectivity index (χ1n) is 8.62. The number of anilines is 1. The lowest BCUT2D eigenvalue weighted by atomic mass is 9.96. The first kappa shape index (κ1) is 22.1. The van der Waals surface area contributed by atoms with Gasteiger partial charge in [0.1, 0.15) is 7.85 Å². The Morgan fingerprint density at radius 2 is 1.75 bits per heavy atom. The molecular formula is C18H21BClF3N4O. The molecule has 1 fully saturated rings. The minimum Gasteiger partial charge on any atom is -0.368 e. The molecule has 1 aliphatic heterocycles. The summed E-state index contributed by atoms with van der Waals surface area (Å²) < 4.78 is 37.9. The molecule has 1 aromatic rings. The Morgan fingerprint density at radius 3 is 2.25 bits per heavy atom. The molecular weight excluding hydrogens is 391 g/mol. The number of carbonyl (C=O) groups is 1. The van der Waals surface area contributed by atoms with Crippen LogP contribution in [-0.4, -0.2) is 75.2 Å². The highest BCUT2D eigenvalue weighted by molar-refractivity contribution is 6.44. The molecule has 0 unspecified atom stereocenters. The van der Waals surface area contributed by atoms with E-state index < -0.39 is 16.9 Å². The van der Waals surface area contributed by atoms with Gasteiger partial charge in [0, 0.05) is 44.6 Å². The Morgan fingerprint density at radius 1 is 1.21 bits per heavy atom. The highest BCUT2D eigenvalue weighted by atomic mass is 35.5. The van der Waals surface area contributed by atoms with Crippen LogP contribution < -0.4 is 10.4 Å². The molecule has 1 aliphatic rings. The number of hydrogen-bond acceptors (Lipinski definition) is 4. The summed E-state index contributed by atoms with van der Waals surface area (Å²) in [7, 11) is 7.16. The first-order chi connectivity index (χ1) is 13.0. The van der Waals surface area contributed by atoms with Gasteiger partial charge in [-0.25, -0.2) is 0 Å². The maximum absolute atomic E-state index is 12.6. The van der Waals surface area contributed by atoms with E-state index in [2.05, 4.69) is 4.90 Å². The zero-order valence-electron chi connectivity index (χ0n) is 15.7. The number of nitrogens with zero attached hydrogens (tertiary/aromatic N) is 3. The van der Waals surface area contributed by atoms with Crippen LogP contribution in [0.1, 0.15) is 6.92 Å². The monoisotopic (exact) mass is 412 g/mol. The Labute approximate surface area is 168 Å². The molecule has 1 aromatic carbocycles. The van der Waals surface area contributed by atoms with Crippen molar-refractivity contribution in [3.8, 4) is 0 Å². The zero-order chi connectivity index (χ0) is 21.1. The normalized spacial score (nSPS) is 15.9. The number of halogens is 4. The average Bonchev–Trinajstić information content (AvgIpc) is 2.66. The summed E-state index contributed by atoms with van der Waals surface area (Å²) in [5.74, 6) is -0.207. The number of benzene rings is 1. The van der Waals surface area contributed by atoms with E-state index in [0.29, 0.717) is 31.6 Å². The minimum absolute atomic E-state index is 0.0258. The fourth-order valence-corrected chi connectivity index (χ4v) is 3.04. The molecule has 10 heteroatoms. The van der Waals surface area contributed by atoms with Crippen molar-refractivity contribution >= 4 is 42.2 Å². The van der Waals surface area contributed by atoms with Crippen LogP contribution in [0.3, 0.4) is 0 Å². The number of likely N-dealkylation sites (N-methyl/N-ethyl adjacent to an activating group) is 1. The second-order valence-corrected chi connectivity index (χ2v) is 6.97. The Hall–Kier alpha value is -2.16. The fourth-order valence-electron chi connectivity index (χ4n) is 2.79. The number of nitrogens with one attached hydrogen (secondary N) is 1. The number of hydrogen-bond donors (Lipinski definition) is 1. The van der Waals surface area contributed by atoms with Crippen LogP contribution in [0.25, 0.3) is 0 Å². The summed E-state index contributed by atoms with van der Waals surface area (Å²) >= 11 is 5.68. The van der Waals surface area contributed by atoms with Crippen LogP contribution in [0.2, 0.25) is 0 Å². The lowest BCUT2D eigenvalue weighted by Crippen LogP contribution is -2.51. The van der Waals surface area contributed by atoms with Crippen molar-refractivity contribution in [1.82, 2.24) is 9.80 Å². The molecule has 0 aliphatic carbocycles. The number of piperazine rings is 1. The zero-order valence-corrected chi connectivity index (χ0v) is 16.4. The predicted molar refractivity (Wildman–Crippen MR) is 106 cm³/mol. The third-order valence-corrected chi connectivity index (χ3v) is 5.12. The molecule has 1 heterocycles. The van der Waals surface area contributed by atoms with Gasteiger partial charge in [0.05, 0.1) is 11.6 Å². The molecule has 0 spiro atoms. The van der Waals surface area contributed by atoms with E-state index in [9.17, 15) is 18.0 Å². The van der Waals surface area contributed by atoms with Crippen molar-refractivity contribution in [2.24, 2.45) is 0 Å². The van der Waals surface area contributed by atoms with Crippen LogP contribution in [0.4, 0.5) is 18.9 Å². The quantitative estimate of drug-likeness (QED) is 0.595. The molecule has 1 N–H and O–H groups in total. The summed E-state index contributed by atoms with van der Waals surface area (Å²) in [5.41, 5.74) is 0.108. The smallest absolute Gasteiger partial charge is 0.368 e. The van der Waals surface area contributed by atoms with Gasteiger partial charge in [-0.05, 0) is 19.1 Å². The molecule has 150 valence electrons. The van der Waals surface area contributed by atoms with Gasteiger partial charge in [0.2, 0.25) is 5.91 Å². The lowest BCUT2D eigenvalue weighted by molar-refractivity contribution is -0.132. The van der Waals surface area contributed by atoms with E-state index in [1.165, 1.54) is 18.9 Å². The number of amides is 1. The van der Waals surface area contributed by atoms with E-state index in [1.807, 2.05) is 24.3 Å². The maximum atomic E-state index is 12.6. The molecule has 0 bridgehead atoms. The molecule has 5 nitrogen and oxygen atoms in total. The minimum atomic E-state index is -4.83. The van der Waals surface area contributed by atoms with Gasteiger partial charge in [-0.1, -0.05) is 29.2 Å². The van der Waals surface area contributed by atoms with Crippen molar-refractivity contribution in [3.05, 3.63) is 35.0 Å².